The molecule has 1 aliphatic rings. The van der Waals surface area contributed by atoms with Crippen molar-refractivity contribution in [3.05, 3.63) is 34.1 Å². The summed E-state index contributed by atoms with van der Waals surface area (Å²) in [6, 6.07) is 3.38. The summed E-state index contributed by atoms with van der Waals surface area (Å²) in [7, 11) is 0. The van der Waals surface area contributed by atoms with Gasteiger partial charge in [0.15, 0.2) is 6.61 Å². The van der Waals surface area contributed by atoms with E-state index in [0.717, 1.165) is 37.8 Å². The van der Waals surface area contributed by atoms with Gasteiger partial charge in [0.25, 0.3) is 5.91 Å². The minimum atomic E-state index is -0.983. The summed E-state index contributed by atoms with van der Waals surface area (Å²) in [6.07, 6.45) is 4.16. The van der Waals surface area contributed by atoms with Gasteiger partial charge in [0.2, 0.25) is 5.82 Å². The Morgan fingerprint density at radius 2 is 2.15 bits per heavy atom. The summed E-state index contributed by atoms with van der Waals surface area (Å²) < 4.78 is 18.4. The lowest BCUT2D eigenvalue weighted by Crippen LogP contribution is -2.36. The van der Waals surface area contributed by atoms with E-state index in [9.17, 15) is 19.3 Å². The van der Waals surface area contributed by atoms with Crippen LogP contribution >= 0.6 is 0 Å². The highest BCUT2D eigenvalue weighted by Gasteiger charge is 2.18. The molecule has 0 aromatic heterocycles. The Labute approximate surface area is 115 Å². The molecule has 0 unspecified atom stereocenters. The van der Waals surface area contributed by atoms with Crippen LogP contribution in [-0.4, -0.2) is 23.5 Å². The normalized spacial score (nSPS) is 15.1. The molecule has 0 spiro atoms. The molecule has 20 heavy (non-hydrogen) atoms. The van der Waals surface area contributed by atoms with Crippen molar-refractivity contribution >= 4 is 11.6 Å². The third-order valence-electron chi connectivity index (χ3n) is 3.21. The van der Waals surface area contributed by atoms with Crippen LogP contribution in [0.2, 0.25) is 0 Å². The predicted octanol–water partition coefficient (Wildman–Crippen LogP) is 2.17. The molecule has 1 aliphatic carbocycles. The van der Waals surface area contributed by atoms with Crippen LogP contribution in [0.1, 0.15) is 25.7 Å². The van der Waals surface area contributed by atoms with Crippen molar-refractivity contribution in [1.29, 1.82) is 0 Å². The number of nitrogens with one attached hydrogen (secondary N) is 1. The number of rotatable bonds is 5. The van der Waals surface area contributed by atoms with Crippen LogP contribution in [0.3, 0.4) is 0 Å². The van der Waals surface area contributed by atoms with Crippen LogP contribution in [0.25, 0.3) is 0 Å². The second kappa shape index (κ2) is 6.31. The molecular weight excluding hydrogens is 267 g/mol. The monoisotopic (exact) mass is 282 g/mol. The molecule has 0 heterocycles. The molecule has 6 nitrogen and oxygen atoms in total. The summed E-state index contributed by atoms with van der Waals surface area (Å²) in [6.45, 7) is -0.228. The van der Waals surface area contributed by atoms with E-state index in [1.54, 1.807) is 0 Å². The highest BCUT2D eigenvalue weighted by molar-refractivity contribution is 5.77. The highest BCUT2D eigenvalue weighted by Crippen LogP contribution is 2.22. The van der Waals surface area contributed by atoms with Gasteiger partial charge in [-0.2, -0.15) is 4.39 Å². The number of benzene rings is 1. The fraction of sp³-hybridized carbons (Fsp3) is 0.462. The fourth-order valence-corrected chi connectivity index (χ4v) is 2.21. The second-order valence-corrected chi connectivity index (χ2v) is 4.71. The average molecular weight is 282 g/mol. The first-order valence-electron chi connectivity index (χ1n) is 6.42. The molecule has 0 aliphatic heterocycles. The number of carbonyl (C=O) groups excluding carboxylic acids is 1. The summed E-state index contributed by atoms with van der Waals surface area (Å²) in [5.41, 5.74) is -0.618. The number of ether oxygens (including phenoxy) is 1. The van der Waals surface area contributed by atoms with Crippen LogP contribution < -0.4 is 10.1 Å². The van der Waals surface area contributed by atoms with E-state index >= 15 is 0 Å². The van der Waals surface area contributed by atoms with Gasteiger partial charge in [-0.15, -0.1) is 0 Å². The number of nitro groups is 1. The predicted molar refractivity (Wildman–Crippen MR) is 68.9 cm³/mol. The van der Waals surface area contributed by atoms with Gasteiger partial charge < -0.3 is 10.1 Å². The molecule has 1 aromatic carbocycles. The molecule has 108 valence electrons. The first-order chi connectivity index (χ1) is 9.56. The summed E-state index contributed by atoms with van der Waals surface area (Å²) >= 11 is 0. The molecule has 1 fully saturated rings. The van der Waals surface area contributed by atoms with Crippen molar-refractivity contribution in [2.45, 2.75) is 31.7 Å². The first kappa shape index (κ1) is 14.2. The maximum absolute atomic E-state index is 13.3. The maximum atomic E-state index is 13.3. The lowest BCUT2D eigenvalue weighted by Gasteiger charge is -2.12. The molecule has 0 radical (unpaired) electrons. The van der Waals surface area contributed by atoms with Gasteiger partial charge >= 0.3 is 5.69 Å². The number of hydrogen-bond acceptors (Lipinski definition) is 4. The maximum Gasteiger partial charge on any atom is 0.305 e. The summed E-state index contributed by atoms with van der Waals surface area (Å²) in [5.74, 6) is -1.16. The zero-order valence-electron chi connectivity index (χ0n) is 10.8. The van der Waals surface area contributed by atoms with Crippen LogP contribution in [0.5, 0.6) is 5.75 Å². The Morgan fingerprint density at radius 3 is 2.75 bits per heavy atom. The van der Waals surface area contributed by atoms with Gasteiger partial charge in [0.05, 0.1) is 4.92 Å². The number of hydrogen-bond donors (Lipinski definition) is 1. The van der Waals surface area contributed by atoms with Crippen molar-refractivity contribution in [3.8, 4) is 5.75 Å². The molecular formula is C13H15FN2O4. The topological polar surface area (TPSA) is 81.5 Å². The van der Waals surface area contributed by atoms with E-state index in [1.807, 2.05) is 0 Å². The van der Waals surface area contributed by atoms with Crippen molar-refractivity contribution in [2.75, 3.05) is 6.61 Å². The minimum Gasteiger partial charge on any atom is -0.484 e. The fourth-order valence-electron chi connectivity index (χ4n) is 2.21. The number of carbonyl (C=O) groups is 1. The molecule has 1 saturated carbocycles. The van der Waals surface area contributed by atoms with Gasteiger partial charge in [-0.05, 0) is 18.9 Å². The van der Waals surface area contributed by atoms with Crippen molar-refractivity contribution in [2.24, 2.45) is 0 Å². The minimum absolute atomic E-state index is 0.0923. The third kappa shape index (κ3) is 3.66. The van der Waals surface area contributed by atoms with E-state index in [4.69, 9.17) is 4.74 Å². The number of nitro benzene ring substituents is 1. The molecule has 1 amide bonds. The summed E-state index contributed by atoms with van der Waals surface area (Å²) in [4.78, 5) is 21.2. The molecule has 2 rings (SSSR count). The molecule has 0 atom stereocenters. The lowest BCUT2D eigenvalue weighted by atomic mass is 10.2. The smallest absolute Gasteiger partial charge is 0.305 e. The Balaban J connectivity index is 1.85. The standard InChI is InChI=1S/C13H15FN2O4/c14-11-7-10(5-6-12(11)16(18)19)20-8-13(17)15-9-3-1-2-4-9/h5-7,9H,1-4,8H2,(H,15,17). The van der Waals surface area contributed by atoms with Crippen LogP contribution in [0, 0.1) is 15.9 Å². The van der Waals surface area contributed by atoms with E-state index in [-0.39, 0.29) is 24.3 Å². The van der Waals surface area contributed by atoms with Gasteiger partial charge in [-0.3, -0.25) is 14.9 Å². The Hall–Kier alpha value is -2.18. The molecule has 7 heteroatoms. The number of amides is 1. The quantitative estimate of drug-likeness (QED) is 0.663. The number of nitrogens with zero attached hydrogens (tertiary/aromatic N) is 1. The SMILES string of the molecule is O=C(COc1ccc([N+](=O)[O-])c(F)c1)NC1CCCC1. The summed E-state index contributed by atoms with van der Waals surface area (Å²) in [5, 5.41) is 13.3. The van der Waals surface area contributed by atoms with Crippen LogP contribution in [0.4, 0.5) is 10.1 Å². The van der Waals surface area contributed by atoms with E-state index in [2.05, 4.69) is 5.32 Å². The Bertz CT molecular complexity index is 515. The Morgan fingerprint density at radius 1 is 1.45 bits per heavy atom. The van der Waals surface area contributed by atoms with Crippen molar-refractivity contribution in [3.63, 3.8) is 0 Å². The van der Waals surface area contributed by atoms with Gasteiger partial charge in [0.1, 0.15) is 5.75 Å². The van der Waals surface area contributed by atoms with E-state index < -0.39 is 16.4 Å². The zero-order valence-corrected chi connectivity index (χ0v) is 10.8. The molecule has 0 saturated heterocycles. The van der Waals surface area contributed by atoms with Gasteiger partial charge in [-0.1, -0.05) is 12.8 Å². The zero-order chi connectivity index (χ0) is 14.5. The lowest BCUT2D eigenvalue weighted by molar-refractivity contribution is -0.387. The number of halogens is 1. The highest BCUT2D eigenvalue weighted by atomic mass is 19.1. The van der Waals surface area contributed by atoms with Crippen LogP contribution in [0.15, 0.2) is 18.2 Å². The third-order valence-corrected chi connectivity index (χ3v) is 3.21. The van der Waals surface area contributed by atoms with Gasteiger partial charge in [0, 0.05) is 18.2 Å². The van der Waals surface area contributed by atoms with Crippen molar-refractivity contribution in [1.82, 2.24) is 5.32 Å². The van der Waals surface area contributed by atoms with E-state index in [0.29, 0.717) is 0 Å². The molecule has 1 aromatic rings. The Kier molecular flexibility index (Phi) is 4.49. The largest absolute Gasteiger partial charge is 0.484 e. The molecule has 0 bridgehead atoms. The average Bonchev–Trinajstić information content (AvgIpc) is 2.89. The second-order valence-electron chi connectivity index (χ2n) is 4.71. The van der Waals surface area contributed by atoms with Gasteiger partial charge in [-0.25, -0.2) is 0 Å². The van der Waals surface area contributed by atoms with Crippen LogP contribution in [-0.2, 0) is 4.79 Å². The first-order valence-corrected chi connectivity index (χ1v) is 6.42. The van der Waals surface area contributed by atoms with E-state index in [1.165, 1.54) is 6.07 Å². The molecule has 1 N–H and O–H groups in total. The van der Waals surface area contributed by atoms with Crippen molar-refractivity contribution < 1.29 is 18.8 Å².